The van der Waals surface area contributed by atoms with E-state index in [4.69, 9.17) is 9.47 Å². The van der Waals surface area contributed by atoms with Crippen LogP contribution in [-0.2, 0) is 10.3 Å². The van der Waals surface area contributed by atoms with Gasteiger partial charge in [0.15, 0.2) is 22.8 Å². The van der Waals surface area contributed by atoms with Gasteiger partial charge in [-0.15, -0.1) is 0 Å². The molecule has 1 aliphatic heterocycles. The second-order valence-corrected chi connectivity index (χ2v) is 7.32. The van der Waals surface area contributed by atoms with Gasteiger partial charge in [-0.25, -0.2) is 0 Å². The average molecular weight is 404 g/mol. The molecule has 0 N–H and O–H groups in total. The Labute approximate surface area is 175 Å². The van der Waals surface area contributed by atoms with Gasteiger partial charge in [-0.1, -0.05) is 18.2 Å². The summed E-state index contributed by atoms with van der Waals surface area (Å²) < 4.78 is 12.5. The maximum Gasteiger partial charge on any atom is 0.257 e. The van der Waals surface area contributed by atoms with Crippen molar-refractivity contribution in [3.63, 3.8) is 0 Å². The predicted molar refractivity (Wildman–Crippen MR) is 114 cm³/mol. The standard InChI is InChI=1S/C24H24N2O4/c1-25-19-9-5-4-8-18(19)24(23(25)28,26-14-6-7-15-26)13-12-20(27)17-10-11-21(29-2)22(16-17)30-3/h4-11,14-16H,12-13H2,1-3H3/t24-/m1/s1. The number of ketones is 1. The van der Waals surface area contributed by atoms with Crippen LogP contribution >= 0.6 is 0 Å². The van der Waals surface area contributed by atoms with Crippen LogP contribution in [0.25, 0.3) is 0 Å². The van der Waals surface area contributed by atoms with E-state index in [9.17, 15) is 9.59 Å². The quantitative estimate of drug-likeness (QED) is 0.561. The number of ether oxygens (including phenoxy) is 2. The summed E-state index contributed by atoms with van der Waals surface area (Å²) in [6.45, 7) is 0. The minimum atomic E-state index is -0.943. The van der Waals surface area contributed by atoms with Crippen molar-refractivity contribution in [2.24, 2.45) is 0 Å². The lowest BCUT2D eigenvalue weighted by atomic mass is 9.84. The van der Waals surface area contributed by atoms with Crippen LogP contribution in [0.4, 0.5) is 5.69 Å². The number of likely N-dealkylation sites (N-methyl/N-ethyl adjacent to an activating group) is 1. The number of rotatable bonds is 7. The summed E-state index contributed by atoms with van der Waals surface area (Å²) in [5.74, 6) is 0.979. The van der Waals surface area contributed by atoms with Gasteiger partial charge in [0.2, 0.25) is 0 Å². The van der Waals surface area contributed by atoms with E-state index in [1.807, 2.05) is 53.4 Å². The Kier molecular flexibility index (Phi) is 5.08. The molecule has 0 saturated heterocycles. The minimum absolute atomic E-state index is 0.0417. The van der Waals surface area contributed by atoms with Gasteiger partial charge >= 0.3 is 0 Å². The van der Waals surface area contributed by atoms with E-state index in [-0.39, 0.29) is 18.1 Å². The Balaban J connectivity index is 1.69. The summed E-state index contributed by atoms with van der Waals surface area (Å²) >= 11 is 0. The second kappa shape index (κ2) is 7.71. The largest absolute Gasteiger partial charge is 0.493 e. The van der Waals surface area contributed by atoms with Crippen LogP contribution in [0.3, 0.4) is 0 Å². The highest BCUT2D eigenvalue weighted by atomic mass is 16.5. The normalized spacial score (nSPS) is 17.7. The summed E-state index contributed by atoms with van der Waals surface area (Å²) in [5.41, 5.74) is 1.37. The molecule has 1 aromatic heterocycles. The molecule has 2 heterocycles. The molecule has 4 rings (SSSR count). The second-order valence-electron chi connectivity index (χ2n) is 7.32. The molecule has 154 valence electrons. The number of hydrogen-bond donors (Lipinski definition) is 0. The van der Waals surface area contributed by atoms with E-state index in [1.165, 1.54) is 7.11 Å². The number of Topliss-reactive ketones (excluding diaryl/α,β-unsaturated/α-hetero) is 1. The fourth-order valence-electron chi connectivity index (χ4n) is 4.28. The first-order valence-electron chi connectivity index (χ1n) is 9.79. The molecule has 0 fully saturated rings. The number of anilines is 1. The van der Waals surface area contributed by atoms with Gasteiger partial charge in [0, 0.05) is 42.7 Å². The van der Waals surface area contributed by atoms with Crippen LogP contribution < -0.4 is 14.4 Å². The van der Waals surface area contributed by atoms with E-state index < -0.39 is 5.54 Å². The first-order valence-corrected chi connectivity index (χ1v) is 9.79. The van der Waals surface area contributed by atoms with E-state index in [0.29, 0.717) is 23.5 Å². The number of amides is 1. The zero-order valence-corrected chi connectivity index (χ0v) is 17.3. The van der Waals surface area contributed by atoms with Crippen molar-refractivity contribution in [3.05, 3.63) is 78.1 Å². The Hall–Kier alpha value is -3.54. The maximum atomic E-state index is 13.5. The number of aromatic nitrogens is 1. The Morgan fingerprint density at radius 1 is 0.967 bits per heavy atom. The average Bonchev–Trinajstić information content (AvgIpc) is 3.39. The number of nitrogens with zero attached hydrogens (tertiary/aromatic N) is 2. The Bertz CT molecular complexity index is 1090. The van der Waals surface area contributed by atoms with Crippen molar-refractivity contribution in [2.45, 2.75) is 18.4 Å². The number of fused-ring (bicyclic) bond motifs is 1. The lowest BCUT2D eigenvalue weighted by molar-refractivity contribution is -0.124. The van der Waals surface area contributed by atoms with Crippen molar-refractivity contribution >= 4 is 17.4 Å². The van der Waals surface area contributed by atoms with Gasteiger partial charge < -0.3 is 18.9 Å². The van der Waals surface area contributed by atoms with E-state index in [1.54, 1.807) is 37.3 Å². The fourth-order valence-corrected chi connectivity index (χ4v) is 4.28. The summed E-state index contributed by atoms with van der Waals surface area (Å²) in [4.78, 5) is 28.2. The number of carbonyl (C=O) groups is 2. The van der Waals surface area contributed by atoms with Crippen LogP contribution in [0.15, 0.2) is 67.0 Å². The van der Waals surface area contributed by atoms with Crippen molar-refractivity contribution < 1.29 is 19.1 Å². The topological polar surface area (TPSA) is 60.8 Å². The van der Waals surface area contributed by atoms with Crippen molar-refractivity contribution in [2.75, 3.05) is 26.2 Å². The molecule has 1 aliphatic rings. The smallest absolute Gasteiger partial charge is 0.257 e. The zero-order chi connectivity index (χ0) is 21.3. The first-order chi connectivity index (χ1) is 14.5. The Morgan fingerprint density at radius 2 is 1.67 bits per heavy atom. The predicted octanol–water partition coefficient (Wildman–Crippen LogP) is 3.89. The third-order valence-corrected chi connectivity index (χ3v) is 5.83. The van der Waals surface area contributed by atoms with Crippen LogP contribution in [0.5, 0.6) is 11.5 Å². The van der Waals surface area contributed by atoms with Crippen molar-refractivity contribution in [1.82, 2.24) is 4.57 Å². The highest BCUT2D eigenvalue weighted by Gasteiger charge is 2.50. The molecule has 3 aromatic rings. The van der Waals surface area contributed by atoms with Crippen LogP contribution in [-0.4, -0.2) is 37.5 Å². The molecule has 30 heavy (non-hydrogen) atoms. The number of carbonyl (C=O) groups excluding carboxylic acids is 2. The van der Waals surface area contributed by atoms with Crippen LogP contribution in [0, 0.1) is 0 Å². The molecule has 0 aliphatic carbocycles. The molecule has 2 aromatic carbocycles. The summed E-state index contributed by atoms with van der Waals surface area (Å²) in [7, 11) is 4.87. The summed E-state index contributed by atoms with van der Waals surface area (Å²) in [6.07, 6.45) is 4.33. The first kappa shape index (κ1) is 19.8. The molecule has 0 radical (unpaired) electrons. The monoisotopic (exact) mass is 404 g/mol. The molecular weight excluding hydrogens is 380 g/mol. The molecule has 6 nitrogen and oxygen atoms in total. The Morgan fingerprint density at radius 3 is 2.37 bits per heavy atom. The number of para-hydroxylation sites is 1. The van der Waals surface area contributed by atoms with Crippen molar-refractivity contribution in [3.8, 4) is 11.5 Å². The molecule has 0 spiro atoms. The number of benzene rings is 2. The fraction of sp³-hybridized carbons (Fsp3) is 0.250. The number of hydrogen-bond acceptors (Lipinski definition) is 4. The van der Waals surface area contributed by atoms with Crippen molar-refractivity contribution in [1.29, 1.82) is 0 Å². The van der Waals surface area contributed by atoms with Gasteiger partial charge in [-0.3, -0.25) is 9.59 Å². The maximum absolute atomic E-state index is 13.5. The molecule has 1 atom stereocenters. The molecule has 6 heteroatoms. The highest BCUT2D eigenvalue weighted by Crippen LogP contribution is 2.45. The molecule has 0 bridgehead atoms. The van der Waals surface area contributed by atoms with Gasteiger partial charge in [0.05, 0.1) is 14.2 Å². The van der Waals surface area contributed by atoms with E-state index in [2.05, 4.69) is 0 Å². The molecular formula is C24H24N2O4. The summed E-state index contributed by atoms with van der Waals surface area (Å²) in [5, 5.41) is 0. The SMILES string of the molecule is COc1ccc(C(=O)CC[C@]2(n3cccc3)C(=O)N(C)c3ccccc32)cc1OC. The van der Waals surface area contributed by atoms with E-state index in [0.717, 1.165) is 11.3 Å². The van der Waals surface area contributed by atoms with Crippen LogP contribution in [0.2, 0.25) is 0 Å². The molecule has 0 unspecified atom stereocenters. The lowest BCUT2D eigenvalue weighted by Gasteiger charge is -2.30. The van der Waals surface area contributed by atoms with Gasteiger partial charge in [0.25, 0.3) is 5.91 Å². The lowest BCUT2D eigenvalue weighted by Crippen LogP contribution is -2.44. The third kappa shape index (κ3) is 2.96. The minimum Gasteiger partial charge on any atom is -0.493 e. The van der Waals surface area contributed by atoms with Gasteiger partial charge in [0.1, 0.15) is 0 Å². The van der Waals surface area contributed by atoms with Gasteiger partial charge in [-0.05, 0) is 42.8 Å². The third-order valence-electron chi connectivity index (χ3n) is 5.83. The molecule has 1 amide bonds. The zero-order valence-electron chi connectivity index (χ0n) is 17.3. The summed E-state index contributed by atoms with van der Waals surface area (Å²) in [6, 6.07) is 16.7. The van der Waals surface area contributed by atoms with Crippen LogP contribution in [0.1, 0.15) is 28.8 Å². The van der Waals surface area contributed by atoms with Gasteiger partial charge in [-0.2, -0.15) is 0 Å². The highest BCUT2D eigenvalue weighted by molar-refractivity contribution is 6.08. The molecule has 0 saturated carbocycles. The van der Waals surface area contributed by atoms with E-state index >= 15 is 0 Å². The number of methoxy groups -OCH3 is 2.